The predicted molar refractivity (Wildman–Crippen MR) is 110 cm³/mol. The first kappa shape index (κ1) is 18.4. The smallest absolute Gasteiger partial charge is 0.258 e. The number of benzene rings is 3. The van der Waals surface area contributed by atoms with Crippen molar-refractivity contribution in [1.29, 1.82) is 0 Å². The number of phenolic OH excluding ortho intramolecular Hbond substituents is 2. The average molecular weight is 394 g/mol. The minimum absolute atomic E-state index is 0.0230. The van der Waals surface area contributed by atoms with Gasteiger partial charge in [-0.25, -0.2) is 0 Å². The minimum atomic E-state index is -0.451. The van der Waals surface area contributed by atoms with Gasteiger partial charge in [-0.2, -0.15) is 0 Å². The SMILES string of the molecule is CC1(C)c2ccccc2N(C(=O)c2ccc(Cl)cc2)C1c1ccc(O)cc1O. The van der Waals surface area contributed by atoms with Crippen molar-refractivity contribution < 1.29 is 15.0 Å². The molecule has 2 N–H and O–H groups in total. The Bertz CT molecular complexity index is 1060. The molecule has 4 rings (SSSR count). The van der Waals surface area contributed by atoms with Gasteiger partial charge >= 0.3 is 0 Å². The van der Waals surface area contributed by atoms with Crippen molar-refractivity contribution in [1.82, 2.24) is 0 Å². The summed E-state index contributed by atoms with van der Waals surface area (Å²) < 4.78 is 0. The summed E-state index contributed by atoms with van der Waals surface area (Å²) in [5.74, 6) is -0.239. The Morgan fingerprint density at radius 1 is 1.00 bits per heavy atom. The Balaban J connectivity index is 1.91. The lowest BCUT2D eigenvalue weighted by Gasteiger charge is -2.34. The molecule has 1 heterocycles. The second kappa shape index (κ2) is 6.57. The third kappa shape index (κ3) is 2.81. The summed E-state index contributed by atoms with van der Waals surface area (Å²) in [6, 6.07) is 18.6. The van der Waals surface area contributed by atoms with Crippen LogP contribution in [-0.4, -0.2) is 16.1 Å². The van der Waals surface area contributed by atoms with Crippen LogP contribution in [0.15, 0.2) is 66.7 Å². The lowest BCUT2D eigenvalue weighted by molar-refractivity contribution is 0.0971. The van der Waals surface area contributed by atoms with Gasteiger partial charge in [0.15, 0.2) is 0 Å². The normalized spacial score (nSPS) is 17.4. The molecular weight excluding hydrogens is 374 g/mol. The lowest BCUT2D eigenvalue weighted by Crippen LogP contribution is -2.38. The molecular formula is C23H20ClNO3. The molecule has 0 saturated heterocycles. The van der Waals surface area contributed by atoms with Crippen molar-refractivity contribution in [3.05, 3.63) is 88.4 Å². The quantitative estimate of drug-likeness (QED) is 0.610. The van der Waals surface area contributed by atoms with Crippen molar-refractivity contribution in [2.24, 2.45) is 0 Å². The Hall–Kier alpha value is -2.98. The number of anilines is 1. The van der Waals surface area contributed by atoms with Crippen LogP contribution in [0.25, 0.3) is 0 Å². The molecule has 3 aromatic rings. The number of hydrogen-bond acceptors (Lipinski definition) is 3. The summed E-state index contributed by atoms with van der Waals surface area (Å²) in [7, 11) is 0. The molecule has 28 heavy (non-hydrogen) atoms. The third-order valence-electron chi connectivity index (χ3n) is 5.42. The maximum Gasteiger partial charge on any atom is 0.258 e. The largest absolute Gasteiger partial charge is 0.508 e. The fraction of sp³-hybridized carbons (Fsp3) is 0.174. The number of phenols is 2. The monoisotopic (exact) mass is 393 g/mol. The van der Waals surface area contributed by atoms with Gasteiger partial charge in [-0.1, -0.05) is 43.6 Å². The van der Waals surface area contributed by atoms with Crippen molar-refractivity contribution in [3.8, 4) is 11.5 Å². The number of halogens is 1. The predicted octanol–water partition coefficient (Wildman–Crippen LogP) is 5.43. The fourth-order valence-electron chi connectivity index (χ4n) is 4.09. The van der Waals surface area contributed by atoms with Crippen LogP contribution < -0.4 is 4.90 Å². The Kier molecular flexibility index (Phi) is 4.31. The van der Waals surface area contributed by atoms with E-state index in [1.807, 2.05) is 24.3 Å². The van der Waals surface area contributed by atoms with Gasteiger partial charge in [0.25, 0.3) is 5.91 Å². The Morgan fingerprint density at radius 2 is 1.68 bits per heavy atom. The second-order valence-corrected chi connectivity index (χ2v) is 8.00. The van der Waals surface area contributed by atoms with Crippen molar-refractivity contribution >= 4 is 23.2 Å². The van der Waals surface area contributed by atoms with Crippen LogP contribution in [0.5, 0.6) is 11.5 Å². The molecule has 5 heteroatoms. The first-order valence-electron chi connectivity index (χ1n) is 9.01. The maximum absolute atomic E-state index is 13.5. The molecule has 1 aliphatic heterocycles. The molecule has 0 bridgehead atoms. The van der Waals surface area contributed by atoms with Gasteiger partial charge in [0.1, 0.15) is 11.5 Å². The maximum atomic E-state index is 13.5. The van der Waals surface area contributed by atoms with E-state index in [1.165, 1.54) is 12.1 Å². The van der Waals surface area contributed by atoms with Crippen LogP contribution in [0.4, 0.5) is 5.69 Å². The van der Waals surface area contributed by atoms with Gasteiger partial charge in [0.05, 0.1) is 6.04 Å². The highest BCUT2D eigenvalue weighted by molar-refractivity contribution is 6.30. The van der Waals surface area contributed by atoms with E-state index < -0.39 is 11.5 Å². The lowest BCUT2D eigenvalue weighted by atomic mass is 9.77. The van der Waals surface area contributed by atoms with Crippen LogP contribution in [0.2, 0.25) is 5.02 Å². The fourth-order valence-corrected chi connectivity index (χ4v) is 4.21. The molecule has 0 radical (unpaired) electrons. The van der Waals surface area contributed by atoms with Crippen molar-refractivity contribution in [2.75, 3.05) is 4.90 Å². The molecule has 0 aliphatic carbocycles. The summed E-state index contributed by atoms with van der Waals surface area (Å²) in [6.45, 7) is 4.11. The van der Waals surface area contributed by atoms with Crippen LogP contribution >= 0.6 is 11.6 Å². The molecule has 0 fully saturated rings. The van der Waals surface area contributed by atoms with E-state index >= 15 is 0 Å². The van der Waals surface area contributed by atoms with Crippen LogP contribution in [-0.2, 0) is 5.41 Å². The van der Waals surface area contributed by atoms with E-state index in [9.17, 15) is 15.0 Å². The van der Waals surface area contributed by atoms with Gasteiger partial charge in [0.2, 0.25) is 0 Å². The zero-order valence-electron chi connectivity index (χ0n) is 15.6. The number of carbonyl (C=O) groups excluding carboxylic acids is 1. The number of hydrogen-bond donors (Lipinski definition) is 2. The molecule has 4 nitrogen and oxygen atoms in total. The zero-order valence-corrected chi connectivity index (χ0v) is 16.3. The van der Waals surface area contributed by atoms with E-state index in [2.05, 4.69) is 13.8 Å². The number of aromatic hydroxyl groups is 2. The van der Waals surface area contributed by atoms with E-state index in [4.69, 9.17) is 11.6 Å². The van der Waals surface area contributed by atoms with Crippen molar-refractivity contribution in [2.45, 2.75) is 25.3 Å². The standard InChI is InChI=1S/C23H20ClNO3/c1-23(2)18-5-3-4-6-19(18)25(22(28)14-7-9-15(24)10-8-14)21(23)17-12-11-16(26)13-20(17)27/h3-13,21,26-27H,1-2H3. The number of amides is 1. The first-order valence-corrected chi connectivity index (χ1v) is 9.39. The van der Waals surface area contributed by atoms with E-state index in [-0.39, 0.29) is 17.4 Å². The highest BCUT2D eigenvalue weighted by Crippen LogP contribution is 2.54. The molecule has 1 unspecified atom stereocenters. The molecule has 1 amide bonds. The third-order valence-corrected chi connectivity index (χ3v) is 5.67. The van der Waals surface area contributed by atoms with Gasteiger partial charge in [0, 0.05) is 33.3 Å². The Labute approximate surface area is 168 Å². The number of carbonyl (C=O) groups is 1. The van der Waals surface area contributed by atoms with Crippen LogP contribution in [0.1, 0.15) is 41.4 Å². The number of nitrogens with zero attached hydrogens (tertiary/aromatic N) is 1. The van der Waals surface area contributed by atoms with E-state index in [0.717, 1.165) is 11.3 Å². The zero-order chi connectivity index (χ0) is 20.1. The minimum Gasteiger partial charge on any atom is -0.508 e. The highest BCUT2D eigenvalue weighted by Gasteiger charge is 2.48. The number of fused-ring (bicyclic) bond motifs is 1. The van der Waals surface area contributed by atoms with E-state index in [1.54, 1.807) is 35.2 Å². The first-order chi connectivity index (χ1) is 13.3. The second-order valence-electron chi connectivity index (χ2n) is 7.57. The van der Waals surface area contributed by atoms with Gasteiger partial charge < -0.3 is 10.2 Å². The van der Waals surface area contributed by atoms with Crippen LogP contribution in [0.3, 0.4) is 0 Å². The summed E-state index contributed by atoms with van der Waals surface area (Å²) >= 11 is 5.98. The molecule has 1 aliphatic rings. The van der Waals surface area contributed by atoms with Crippen molar-refractivity contribution in [3.63, 3.8) is 0 Å². The summed E-state index contributed by atoms with van der Waals surface area (Å²) in [5.41, 5.74) is 2.48. The summed E-state index contributed by atoms with van der Waals surface area (Å²) in [5, 5.41) is 20.8. The molecule has 3 aromatic carbocycles. The van der Waals surface area contributed by atoms with Gasteiger partial charge in [-0.05, 0) is 48.0 Å². The number of para-hydroxylation sites is 1. The number of rotatable bonds is 2. The average Bonchev–Trinajstić information content (AvgIpc) is 2.90. The topological polar surface area (TPSA) is 60.8 Å². The van der Waals surface area contributed by atoms with Gasteiger partial charge in [-0.15, -0.1) is 0 Å². The molecule has 142 valence electrons. The summed E-state index contributed by atoms with van der Waals surface area (Å²) in [4.78, 5) is 15.2. The highest BCUT2D eigenvalue weighted by atomic mass is 35.5. The van der Waals surface area contributed by atoms with Gasteiger partial charge in [-0.3, -0.25) is 9.69 Å². The Morgan fingerprint density at radius 3 is 2.36 bits per heavy atom. The van der Waals surface area contributed by atoms with E-state index in [0.29, 0.717) is 16.1 Å². The summed E-state index contributed by atoms with van der Waals surface area (Å²) in [6.07, 6.45) is 0. The molecule has 0 aromatic heterocycles. The van der Waals surface area contributed by atoms with Crippen LogP contribution in [0, 0.1) is 0 Å². The molecule has 1 atom stereocenters. The molecule has 0 spiro atoms. The molecule has 0 saturated carbocycles.